The molecule has 0 aliphatic heterocycles. The monoisotopic (exact) mass is 446 g/mol. The Morgan fingerprint density at radius 1 is 1.03 bits per heavy atom. The number of hydrogen-bond acceptors (Lipinski definition) is 3. The number of aliphatic hydroxyl groups excluding tert-OH is 1. The van der Waals surface area contributed by atoms with Crippen LogP contribution in [0.3, 0.4) is 0 Å². The van der Waals surface area contributed by atoms with Crippen LogP contribution in [0, 0.1) is 0 Å². The van der Waals surface area contributed by atoms with E-state index in [4.69, 9.17) is 11.6 Å². The van der Waals surface area contributed by atoms with Crippen LogP contribution in [0.15, 0.2) is 54.6 Å². The Labute approximate surface area is 191 Å². The summed E-state index contributed by atoms with van der Waals surface area (Å²) in [7, 11) is 0. The van der Waals surface area contributed by atoms with Gasteiger partial charge in [0.1, 0.15) is 0 Å². The van der Waals surface area contributed by atoms with E-state index in [1.807, 2.05) is 75.4 Å². The fraction of sp³-hybridized carbons (Fsp3) is 0.480. The zero-order valence-electron chi connectivity index (χ0n) is 19.1. The zero-order valence-corrected chi connectivity index (χ0v) is 19.9. The van der Waals surface area contributed by atoms with Crippen LogP contribution < -0.4 is 5.32 Å². The Morgan fingerprint density at radius 3 is 2.19 bits per heavy atom. The normalized spacial score (nSPS) is 14.2. The molecule has 3 N–H and O–H groups in total. The second kappa shape index (κ2) is 10.5. The smallest absolute Gasteiger partial charge is 0.408 e. The van der Waals surface area contributed by atoms with Gasteiger partial charge in [0.25, 0.3) is 0 Å². The Morgan fingerprint density at radius 2 is 1.65 bits per heavy atom. The molecule has 31 heavy (non-hydrogen) atoms. The average molecular weight is 447 g/mol. The molecule has 6 heteroatoms. The third kappa shape index (κ3) is 7.84. The van der Waals surface area contributed by atoms with Gasteiger partial charge in [-0.15, -0.1) is 0 Å². The Balaban J connectivity index is 2.17. The van der Waals surface area contributed by atoms with Gasteiger partial charge in [0.05, 0.1) is 12.1 Å². The summed E-state index contributed by atoms with van der Waals surface area (Å²) < 4.78 is 0. The van der Waals surface area contributed by atoms with Crippen molar-refractivity contribution < 1.29 is 15.0 Å². The number of β-amino-alcohol motifs (C(OH)–C–C–N with tert-alkyl or cyclic N) is 1. The largest absolute Gasteiger partial charge is 0.465 e. The summed E-state index contributed by atoms with van der Waals surface area (Å²) in [6, 6.07) is 16.8. The van der Waals surface area contributed by atoms with Gasteiger partial charge >= 0.3 is 6.09 Å². The first-order valence-corrected chi connectivity index (χ1v) is 11.0. The molecule has 0 aliphatic carbocycles. The van der Waals surface area contributed by atoms with Crippen molar-refractivity contribution in [2.45, 2.75) is 70.7 Å². The maximum atomic E-state index is 12.1. The number of benzene rings is 2. The third-order valence-electron chi connectivity index (χ3n) is 5.32. The van der Waals surface area contributed by atoms with Crippen LogP contribution >= 0.6 is 11.6 Å². The molecule has 0 unspecified atom stereocenters. The number of rotatable bonds is 9. The first-order valence-electron chi connectivity index (χ1n) is 10.6. The number of aliphatic hydroxyl groups is 1. The summed E-state index contributed by atoms with van der Waals surface area (Å²) in [6.07, 6.45) is -0.757. The van der Waals surface area contributed by atoms with E-state index < -0.39 is 23.8 Å². The topological polar surface area (TPSA) is 72.8 Å². The molecule has 0 fully saturated rings. The Kier molecular flexibility index (Phi) is 8.52. The minimum absolute atomic E-state index is 0.269. The van der Waals surface area contributed by atoms with Crippen LogP contribution in [0.4, 0.5) is 4.79 Å². The molecule has 2 aromatic carbocycles. The molecule has 0 heterocycles. The lowest BCUT2D eigenvalue weighted by molar-refractivity contribution is 0.00554. The van der Waals surface area contributed by atoms with Crippen molar-refractivity contribution in [3.63, 3.8) is 0 Å². The number of halogens is 1. The van der Waals surface area contributed by atoms with Gasteiger partial charge in [0, 0.05) is 22.6 Å². The van der Waals surface area contributed by atoms with Crippen LogP contribution in [0.5, 0.6) is 0 Å². The first-order chi connectivity index (χ1) is 14.4. The van der Waals surface area contributed by atoms with E-state index in [2.05, 4.69) is 19.2 Å². The van der Waals surface area contributed by atoms with E-state index in [1.165, 1.54) is 4.90 Å². The quantitative estimate of drug-likeness (QED) is 0.506. The second-order valence-corrected chi connectivity index (χ2v) is 10.2. The fourth-order valence-corrected chi connectivity index (χ4v) is 4.13. The molecule has 0 radical (unpaired) electrons. The van der Waals surface area contributed by atoms with Crippen molar-refractivity contribution in [1.82, 2.24) is 10.2 Å². The van der Waals surface area contributed by atoms with Gasteiger partial charge in [-0.25, -0.2) is 4.79 Å². The molecular formula is C25H35ClN2O3. The van der Waals surface area contributed by atoms with E-state index in [9.17, 15) is 15.0 Å². The summed E-state index contributed by atoms with van der Waals surface area (Å²) in [6.45, 7) is 9.94. The first kappa shape index (κ1) is 25.2. The van der Waals surface area contributed by atoms with Crippen LogP contribution in [0.25, 0.3) is 0 Å². The van der Waals surface area contributed by atoms with E-state index in [0.717, 1.165) is 17.5 Å². The van der Waals surface area contributed by atoms with Crippen molar-refractivity contribution >= 4 is 17.7 Å². The highest BCUT2D eigenvalue weighted by Crippen LogP contribution is 2.23. The molecule has 0 saturated heterocycles. The lowest BCUT2D eigenvalue weighted by Gasteiger charge is -2.42. The van der Waals surface area contributed by atoms with Crippen LogP contribution in [0.2, 0.25) is 5.02 Å². The van der Waals surface area contributed by atoms with Crippen molar-refractivity contribution in [2.75, 3.05) is 6.54 Å². The number of hydrogen-bond donors (Lipinski definition) is 3. The number of carbonyl (C=O) groups is 1. The predicted octanol–water partition coefficient (Wildman–Crippen LogP) is 5.00. The van der Waals surface area contributed by atoms with E-state index in [1.54, 1.807) is 0 Å². The maximum absolute atomic E-state index is 12.1. The molecule has 0 spiro atoms. The van der Waals surface area contributed by atoms with Gasteiger partial charge in [0.2, 0.25) is 0 Å². The minimum Gasteiger partial charge on any atom is -0.465 e. The van der Waals surface area contributed by atoms with Crippen molar-refractivity contribution in [2.24, 2.45) is 0 Å². The van der Waals surface area contributed by atoms with Crippen LogP contribution in [-0.4, -0.2) is 51.0 Å². The summed E-state index contributed by atoms with van der Waals surface area (Å²) >= 11 is 6.11. The number of nitrogens with zero attached hydrogens (tertiary/aromatic N) is 1. The van der Waals surface area contributed by atoms with Gasteiger partial charge in [-0.3, -0.25) is 4.90 Å². The van der Waals surface area contributed by atoms with Gasteiger partial charge in [0.15, 0.2) is 0 Å². The molecule has 2 aromatic rings. The maximum Gasteiger partial charge on any atom is 0.408 e. The molecule has 5 nitrogen and oxygen atoms in total. The summed E-state index contributed by atoms with van der Waals surface area (Å²) in [4.78, 5) is 13.5. The lowest BCUT2D eigenvalue weighted by Crippen LogP contribution is -2.59. The van der Waals surface area contributed by atoms with Crippen molar-refractivity contribution in [1.29, 1.82) is 0 Å². The van der Waals surface area contributed by atoms with E-state index >= 15 is 0 Å². The molecular weight excluding hydrogens is 412 g/mol. The van der Waals surface area contributed by atoms with Gasteiger partial charge in [-0.05, 0) is 70.7 Å². The number of carboxylic acid groups (broad SMARTS) is 1. The molecule has 0 aliphatic rings. The van der Waals surface area contributed by atoms with Crippen molar-refractivity contribution in [3.8, 4) is 0 Å². The molecule has 0 saturated carbocycles. The number of amides is 1. The molecule has 1 amide bonds. The Hall–Kier alpha value is -2.08. The minimum atomic E-state index is -1.04. The highest BCUT2D eigenvalue weighted by atomic mass is 35.5. The molecule has 0 aromatic heterocycles. The molecule has 2 atom stereocenters. The highest BCUT2D eigenvalue weighted by Gasteiger charge is 2.37. The summed E-state index contributed by atoms with van der Waals surface area (Å²) in [5, 5.41) is 25.2. The zero-order chi connectivity index (χ0) is 23.2. The van der Waals surface area contributed by atoms with Crippen LogP contribution in [0.1, 0.15) is 45.7 Å². The van der Waals surface area contributed by atoms with Gasteiger partial charge < -0.3 is 15.5 Å². The molecule has 170 valence electrons. The Bertz CT molecular complexity index is 849. The standard InChI is InChI=1S/C25H35ClN2O3/c1-24(2,3)28(23(30)31)21(15-18-10-7-6-8-11-18)22(29)17-27-25(4,5)16-19-12-9-13-20(26)14-19/h6-14,21-22,27,29H,15-17H2,1-5H3,(H,30,31)/t21-,22-/m0/s1. The van der Waals surface area contributed by atoms with E-state index in [0.29, 0.717) is 11.4 Å². The summed E-state index contributed by atoms with van der Waals surface area (Å²) in [5.41, 5.74) is 1.13. The second-order valence-electron chi connectivity index (χ2n) is 9.72. The predicted molar refractivity (Wildman–Crippen MR) is 127 cm³/mol. The molecule has 2 rings (SSSR count). The molecule has 0 bridgehead atoms. The van der Waals surface area contributed by atoms with E-state index in [-0.39, 0.29) is 12.1 Å². The highest BCUT2D eigenvalue weighted by molar-refractivity contribution is 6.30. The van der Waals surface area contributed by atoms with Crippen LogP contribution in [-0.2, 0) is 12.8 Å². The third-order valence-corrected chi connectivity index (χ3v) is 5.55. The fourth-order valence-electron chi connectivity index (χ4n) is 3.92. The lowest BCUT2D eigenvalue weighted by atomic mass is 9.92. The van der Waals surface area contributed by atoms with Crippen molar-refractivity contribution in [3.05, 3.63) is 70.7 Å². The average Bonchev–Trinajstić information content (AvgIpc) is 2.65. The van der Waals surface area contributed by atoms with Gasteiger partial charge in [-0.2, -0.15) is 0 Å². The number of nitrogens with one attached hydrogen (secondary N) is 1. The summed E-state index contributed by atoms with van der Waals surface area (Å²) in [5.74, 6) is 0. The van der Waals surface area contributed by atoms with Gasteiger partial charge in [-0.1, -0.05) is 54.1 Å². The SMILES string of the molecule is CC(C)(Cc1cccc(Cl)c1)NC[C@H](O)[C@H](Cc1ccccc1)N(C(=O)O)C(C)(C)C.